The molecule has 0 radical (unpaired) electrons. The Labute approximate surface area is 121 Å². The minimum Gasteiger partial charge on any atom is -0.490 e. The average molecular weight is 295 g/mol. The Morgan fingerprint density at radius 1 is 1.35 bits per heavy atom. The summed E-state index contributed by atoms with van der Waals surface area (Å²) in [6.45, 7) is 3.85. The van der Waals surface area contributed by atoms with Gasteiger partial charge in [0.15, 0.2) is 0 Å². The van der Waals surface area contributed by atoms with Crippen LogP contribution in [0.1, 0.15) is 19.6 Å². The van der Waals surface area contributed by atoms with Crippen LogP contribution in [0.25, 0.3) is 11.3 Å². The van der Waals surface area contributed by atoms with Crippen LogP contribution in [0.15, 0.2) is 34.7 Å². The van der Waals surface area contributed by atoms with Gasteiger partial charge < -0.3 is 14.3 Å². The van der Waals surface area contributed by atoms with Gasteiger partial charge in [-0.25, -0.2) is 0 Å². The SMILES string of the molecule is CC(C)Oc1ccc(Cl)cc1-c1ccc(CC(=O)O)o1. The molecule has 0 aliphatic rings. The number of halogens is 1. The van der Waals surface area contributed by atoms with Crippen molar-refractivity contribution < 1.29 is 19.1 Å². The van der Waals surface area contributed by atoms with E-state index in [0.29, 0.717) is 27.9 Å². The van der Waals surface area contributed by atoms with Crippen LogP contribution in [-0.4, -0.2) is 17.2 Å². The highest BCUT2D eigenvalue weighted by Gasteiger charge is 2.14. The molecule has 0 unspecified atom stereocenters. The van der Waals surface area contributed by atoms with Crippen molar-refractivity contribution >= 4 is 17.6 Å². The average Bonchev–Trinajstić information content (AvgIpc) is 2.78. The predicted molar refractivity (Wildman–Crippen MR) is 76.3 cm³/mol. The lowest BCUT2D eigenvalue weighted by molar-refractivity contribution is -0.136. The van der Waals surface area contributed by atoms with Gasteiger partial charge in [-0.3, -0.25) is 4.79 Å². The van der Waals surface area contributed by atoms with E-state index in [4.69, 9.17) is 25.9 Å². The summed E-state index contributed by atoms with van der Waals surface area (Å²) in [5.74, 6) is 0.652. The molecule has 0 saturated carbocycles. The van der Waals surface area contributed by atoms with E-state index in [0.717, 1.165) is 0 Å². The maximum Gasteiger partial charge on any atom is 0.311 e. The maximum absolute atomic E-state index is 10.7. The van der Waals surface area contributed by atoms with E-state index >= 15 is 0 Å². The van der Waals surface area contributed by atoms with Crippen molar-refractivity contribution in [3.8, 4) is 17.1 Å². The summed E-state index contributed by atoms with van der Waals surface area (Å²) in [5.41, 5.74) is 0.711. The largest absolute Gasteiger partial charge is 0.490 e. The van der Waals surface area contributed by atoms with Gasteiger partial charge in [-0.1, -0.05) is 11.6 Å². The molecule has 0 aliphatic carbocycles. The number of rotatable bonds is 5. The Hall–Kier alpha value is -1.94. The van der Waals surface area contributed by atoms with Gasteiger partial charge >= 0.3 is 5.97 Å². The minimum absolute atomic E-state index is 0.0170. The summed E-state index contributed by atoms with van der Waals surface area (Å²) < 4.78 is 11.2. The van der Waals surface area contributed by atoms with Crippen LogP contribution in [0.5, 0.6) is 5.75 Å². The number of furan rings is 1. The fraction of sp³-hybridized carbons (Fsp3) is 0.267. The lowest BCUT2D eigenvalue weighted by atomic mass is 10.1. The first-order valence-electron chi connectivity index (χ1n) is 6.23. The predicted octanol–water partition coefficient (Wildman–Crippen LogP) is 4.01. The molecule has 0 saturated heterocycles. The zero-order chi connectivity index (χ0) is 14.7. The van der Waals surface area contributed by atoms with Crippen LogP contribution >= 0.6 is 11.6 Å². The van der Waals surface area contributed by atoms with E-state index in [-0.39, 0.29) is 12.5 Å². The van der Waals surface area contributed by atoms with E-state index in [9.17, 15) is 4.79 Å². The summed E-state index contributed by atoms with van der Waals surface area (Å²) in [6, 6.07) is 8.62. The van der Waals surface area contributed by atoms with Crippen molar-refractivity contribution in [1.29, 1.82) is 0 Å². The fourth-order valence-corrected chi connectivity index (χ4v) is 1.99. The highest BCUT2D eigenvalue weighted by atomic mass is 35.5. The molecule has 2 rings (SSSR count). The Morgan fingerprint density at radius 3 is 2.75 bits per heavy atom. The Bertz CT molecular complexity index is 616. The molecule has 1 aromatic carbocycles. The highest BCUT2D eigenvalue weighted by Crippen LogP contribution is 2.34. The van der Waals surface area contributed by atoms with Crippen LogP contribution in [0.4, 0.5) is 0 Å². The number of aliphatic carboxylic acids is 1. The fourth-order valence-electron chi connectivity index (χ4n) is 1.82. The Morgan fingerprint density at radius 2 is 2.10 bits per heavy atom. The molecule has 106 valence electrons. The van der Waals surface area contributed by atoms with E-state index in [1.807, 2.05) is 13.8 Å². The van der Waals surface area contributed by atoms with Crippen molar-refractivity contribution in [2.75, 3.05) is 0 Å². The molecule has 1 N–H and O–H groups in total. The molecule has 4 nitrogen and oxygen atoms in total. The topological polar surface area (TPSA) is 59.7 Å². The molecule has 1 heterocycles. The molecule has 0 bridgehead atoms. The van der Waals surface area contributed by atoms with E-state index < -0.39 is 5.97 Å². The minimum atomic E-state index is -0.935. The van der Waals surface area contributed by atoms with Crippen molar-refractivity contribution in [3.63, 3.8) is 0 Å². The van der Waals surface area contributed by atoms with Gasteiger partial charge in [0.2, 0.25) is 0 Å². The zero-order valence-electron chi connectivity index (χ0n) is 11.2. The first-order valence-corrected chi connectivity index (χ1v) is 6.60. The van der Waals surface area contributed by atoms with Crippen LogP contribution in [0.2, 0.25) is 5.02 Å². The standard InChI is InChI=1S/C15H15ClO4/c1-9(2)19-13-5-3-10(16)7-12(13)14-6-4-11(20-14)8-15(17)18/h3-7,9H,8H2,1-2H3,(H,17,18). The molecule has 0 amide bonds. The van der Waals surface area contributed by atoms with E-state index in [2.05, 4.69) is 0 Å². The summed E-state index contributed by atoms with van der Waals surface area (Å²) >= 11 is 6.00. The summed E-state index contributed by atoms with van der Waals surface area (Å²) in [6.07, 6.45) is -0.135. The van der Waals surface area contributed by atoms with Gasteiger partial charge in [0.25, 0.3) is 0 Å². The monoisotopic (exact) mass is 294 g/mol. The van der Waals surface area contributed by atoms with Crippen LogP contribution < -0.4 is 4.74 Å². The molecular weight excluding hydrogens is 280 g/mol. The molecule has 5 heteroatoms. The molecule has 0 fully saturated rings. The van der Waals surface area contributed by atoms with E-state index in [1.54, 1.807) is 30.3 Å². The van der Waals surface area contributed by atoms with Gasteiger partial charge in [0.05, 0.1) is 11.7 Å². The normalized spacial score (nSPS) is 10.8. The third-order valence-corrected chi connectivity index (χ3v) is 2.79. The second kappa shape index (κ2) is 6.01. The first kappa shape index (κ1) is 14.5. The molecule has 0 aliphatic heterocycles. The van der Waals surface area contributed by atoms with Gasteiger partial charge in [-0.05, 0) is 44.2 Å². The lowest BCUT2D eigenvalue weighted by Crippen LogP contribution is -2.06. The first-order chi connectivity index (χ1) is 9.45. The highest BCUT2D eigenvalue weighted by molar-refractivity contribution is 6.30. The Kier molecular flexibility index (Phi) is 4.35. The second-order valence-corrected chi connectivity index (χ2v) is 5.08. The maximum atomic E-state index is 10.7. The summed E-state index contributed by atoms with van der Waals surface area (Å²) in [7, 11) is 0. The van der Waals surface area contributed by atoms with Crippen molar-refractivity contribution in [1.82, 2.24) is 0 Å². The molecule has 1 aromatic heterocycles. The smallest absolute Gasteiger partial charge is 0.311 e. The zero-order valence-corrected chi connectivity index (χ0v) is 12.0. The third-order valence-electron chi connectivity index (χ3n) is 2.56. The molecule has 20 heavy (non-hydrogen) atoms. The number of carboxylic acid groups (broad SMARTS) is 1. The van der Waals surface area contributed by atoms with Crippen LogP contribution in [-0.2, 0) is 11.2 Å². The quantitative estimate of drug-likeness (QED) is 0.905. The van der Waals surface area contributed by atoms with Crippen LogP contribution in [0.3, 0.4) is 0 Å². The van der Waals surface area contributed by atoms with Crippen LogP contribution in [0, 0.1) is 0 Å². The summed E-state index contributed by atoms with van der Waals surface area (Å²) in [5, 5.41) is 9.32. The van der Waals surface area contributed by atoms with Crippen molar-refractivity contribution in [2.24, 2.45) is 0 Å². The number of hydrogen-bond donors (Lipinski definition) is 1. The molecule has 0 atom stereocenters. The van der Waals surface area contributed by atoms with Crippen molar-refractivity contribution in [3.05, 3.63) is 41.1 Å². The molecule has 0 spiro atoms. The number of hydrogen-bond acceptors (Lipinski definition) is 3. The van der Waals surface area contributed by atoms with Gasteiger partial charge in [0, 0.05) is 5.02 Å². The van der Waals surface area contributed by atoms with Crippen molar-refractivity contribution in [2.45, 2.75) is 26.4 Å². The number of ether oxygens (including phenoxy) is 1. The number of carbonyl (C=O) groups is 1. The summed E-state index contributed by atoms with van der Waals surface area (Å²) in [4.78, 5) is 10.7. The molecular formula is C15H15ClO4. The van der Waals surface area contributed by atoms with Gasteiger partial charge in [-0.2, -0.15) is 0 Å². The van der Waals surface area contributed by atoms with Gasteiger partial charge in [0.1, 0.15) is 23.7 Å². The second-order valence-electron chi connectivity index (χ2n) is 4.64. The lowest BCUT2D eigenvalue weighted by Gasteiger charge is -2.13. The van der Waals surface area contributed by atoms with E-state index in [1.165, 1.54) is 0 Å². The third kappa shape index (κ3) is 3.54. The number of carboxylic acids is 1. The van der Waals surface area contributed by atoms with Gasteiger partial charge in [-0.15, -0.1) is 0 Å². The molecule has 2 aromatic rings. The number of benzene rings is 1. The Balaban J connectivity index is 2.37.